The fourth-order valence-corrected chi connectivity index (χ4v) is 2.56. The summed E-state index contributed by atoms with van der Waals surface area (Å²) in [5.74, 6) is 0.389. The van der Waals surface area contributed by atoms with E-state index in [4.69, 9.17) is 0 Å². The van der Waals surface area contributed by atoms with Crippen molar-refractivity contribution in [3.8, 4) is 0 Å². The Hall–Kier alpha value is -1.03. The number of halogens is 1. The van der Waals surface area contributed by atoms with Gasteiger partial charge in [0.15, 0.2) is 0 Å². The van der Waals surface area contributed by atoms with Gasteiger partial charge >= 0.3 is 5.97 Å². The summed E-state index contributed by atoms with van der Waals surface area (Å²) in [7, 11) is 0. The molecule has 0 unspecified atom stereocenters. The summed E-state index contributed by atoms with van der Waals surface area (Å²) >= 11 is 3.42. The van der Waals surface area contributed by atoms with Gasteiger partial charge in [-0.3, -0.25) is 0 Å². The van der Waals surface area contributed by atoms with E-state index in [1.54, 1.807) is 12.1 Å². The molecule has 0 aliphatic carbocycles. The van der Waals surface area contributed by atoms with Gasteiger partial charge < -0.3 is 10.0 Å². The third-order valence-corrected chi connectivity index (χ3v) is 3.91. The molecule has 0 fully saturated rings. The van der Waals surface area contributed by atoms with Crippen LogP contribution in [0.25, 0.3) is 0 Å². The molecule has 0 amide bonds. The molecule has 1 rings (SSSR count). The molecule has 0 radical (unpaired) electrons. The molecule has 0 heterocycles. The lowest BCUT2D eigenvalue weighted by Gasteiger charge is -2.27. The van der Waals surface area contributed by atoms with Crippen LogP contribution in [-0.4, -0.2) is 24.2 Å². The number of hydrogen-bond donors (Lipinski definition) is 1. The Bertz CT molecular complexity index is 460. The van der Waals surface area contributed by atoms with Crippen molar-refractivity contribution in [1.82, 2.24) is 0 Å². The molecule has 118 valence electrons. The number of hydrogen-bond acceptors (Lipinski definition) is 2. The van der Waals surface area contributed by atoms with E-state index in [9.17, 15) is 9.90 Å². The minimum absolute atomic E-state index is 0.332. The SMILES string of the molecule is CC(C)CCN(CCC(C)C)c1cc(Br)cc(C(=O)O)c1. The van der Waals surface area contributed by atoms with E-state index in [1.807, 2.05) is 6.07 Å². The van der Waals surface area contributed by atoms with E-state index in [0.29, 0.717) is 17.4 Å². The van der Waals surface area contributed by atoms with Crippen LogP contribution in [0.1, 0.15) is 50.9 Å². The molecule has 0 atom stereocenters. The zero-order valence-corrected chi connectivity index (χ0v) is 15.0. The summed E-state index contributed by atoms with van der Waals surface area (Å²) in [6.45, 7) is 10.8. The second kappa shape index (κ2) is 8.42. The number of carboxylic acids is 1. The lowest BCUT2D eigenvalue weighted by atomic mass is 10.1. The Kier molecular flexibility index (Phi) is 7.23. The Labute approximate surface area is 136 Å². The largest absolute Gasteiger partial charge is 0.478 e. The quantitative estimate of drug-likeness (QED) is 0.709. The van der Waals surface area contributed by atoms with E-state index in [1.165, 1.54) is 0 Å². The van der Waals surface area contributed by atoms with Gasteiger partial charge in [0.25, 0.3) is 0 Å². The van der Waals surface area contributed by atoms with Crippen molar-refractivity contribution in [2.24, 2.45) is 11.8 Å². The second-order valence-corrected chi connectivity index (χ2v) is 7.27. The first-order valence-electron chi connectivity index (χ1n) is 7.58. The molecule has 0 aromatic heterocycles. The Balaban J connectivity index is 2.97. The topological polar surface area (TPSA) is 40.5 Å². The minimum atomic E-state index is -0.884. The van der Waals surface area contributed by atoms with Gasteiger partial charge in [0.2, 0.25) is 0 Å². The van der Waals surface area contributed by atoms with Crippen LogP contribution >= 0.6 is 15.9 Å². The first kappa shape index (κ1) is 18.0. The van der Waals surface area contributed by atoms with Gasteiger partial charge in [0, 0.05) is 23.2 Å². The molecule has 0 aliphatic heterocycles. The highest BCUT2D eigenvalue weighted by molar-refractivity contribution is 9.10. The van der Waals surface area contributed by atoms with Crippen molar-refractivity contribution in [2.75, 3.05) is 18.0 Å². The first-order chi connectivity index (χ1) is 9.79. The fraction of sp³-hybridized carbons (Fsp3) is 0.588. The van der Waals surface area contributed by atoms with Crippen molar-refractivity contribution >= 4 is 27.6 Å². The molecule has 1 aromatic carbocycles. The molecule has 0 saturated carbocycles. The van der Waals surface area contributed by atoms with Gasteiger partial charge in [-0.05, 0) is 42.9 Å². The van der Waals surface area contributed by atoms with Crippen LogP contribution in [0.3, 0.4) is 0 Å². The van der Waals surface area contributed by atoms with E-state index < -0.39 is 5.97 Å². The van der Waals surface area contributed by atoms with Gasteiger partial charge in [-0.2, -0.15) is 0 Å². The van der Waals surface area contributed by atoms with E-state index in [-0.39, 0.29) is 0 Å². The van der Waals surface area contributed by atoms with Crippen LogP contribution in [0, 0.1) is 11.8 Å². The molecule has 21 heavy (non-hydrogen) atoms. The van der Waals surface area contributed by atoms with Crippen molar-refractivity contribution in [2.45, 2.75) is 40.5 Å². The first-order valence-corrected chi connectivity index (χ1v) is 8.37. The van der Waals surface area contributed by atoms with Crippen molar-refractivity contribution in [1.29, 1.82) is 0 Å². The summed E-state index contributed by atoms with van der Waals surface area (Å²) in [4.78, 5) is 13.5. The lowest BCUT2D eigenvalue weighted by molar-refractivity contribution is 0.0697. The molecule has 4 heteroatoms. The van der Waals surface area contributed by atoms with Crippen molar-refractivity contribution < 1.29 is 9.90 Å². The maximum absolute atomic E-state index is 11.2. The molecule has 1 N–H and O–H groups in total. The molecule has 0 bridgehead atoms. The zero-order valence-electron chi connectivity index (χ0n) is 13.4. The lowest BCUT2D eigenvalue weighted by Crippen LogP contribution is -2.27. The fourth-order valence-electron chi connectivity index (χ4n) is 2.08. The van der Waals surface area contributed by atoms with Crippen LogP contribution in [0.5, 0.6) is 0 Å². The summed E-state index contributed by atoms with van der Waals surface area (Å²) in [5, 5.41) is 9.21. The summed E-state index contributed by atoms with van der Waals surface area (Å²) in [5.41, 5.74) is 1.32. The van der Waals surface area contributed by atoms with E-state index >= 15 is 0 Å². The number of benzene rings is 1. The van der Waals surface area contributed by atoms with Crippen molar-refractivity contribution in [3.63, 3.8) is 0 Å². The van der Waals surface area contributed by atoms with Crippen LogP contribution < -0.4 is 4.90 Å². The number of aromatic carboxylic acids is 1. The van der Waals surface area contributed by atoms with Crippen LogP contribution in [0.15, 0.2) is 22.7 Å². The average molecular weight is 356 g/mol. The summed E-state index contributed by atoms with van der Waals surface area (Å²) < 4.78 is 0.816. The predicted octanol–water partition coefficient (Wildman–Crippen LogP) is 5.05. The Morgan fingerprint density at radius 2 is 1.62 bits per heavy atom. The standard InChI is InChI=1S/C17H26BrNO2/c1-12(2)5-7-19(8-6-13(3)4)16-10-14(17(20)21)9-15(18)11-16/h9-13H,5-8H2,1-4H3,(H,20,21). The van der Waals surface area contributed by atoms with Gasteiger partial charge in [-0.25, -0.2) is 4.79 Å². The maximum atomic E-state index is 11.2. The molecule has 0 aliphatic rings. The summed E-state index contributed by atoms with van der Waals surface area (Å²) in [6.07, 6.45) is 2.21. The Morgan fingerprint density at radius 1 is 1.10 bits per heavy atom. The summed E-state index contributed by atoms with van der Waals surface area (Å²) in [6, 6.07) is 5.43. The highest BCUT2D eigenvalue weighted by Crippen LogP contribution is 2.24. The normalized spacial score (nSPS) is 11.2. The number of carboxylic acid groups (broad SMARTS) is 1. The number of carbonyl (C=O) groups is 1. The number of nitrogens with zero attached hydrogens (tertiary/aromatic N) is 1. The number of rotatable bonds is 8. The molecular weight excluding hydrogens is 330 g/mol. The van der Waals surface area contributed by atoms with Gasteiger partial charge in [-0.15, -0.1) is 0 Å². The number of anilines is 1. The monoisotopic (exact) mass is 355 g/mol. The molecule has 0 spiro atoms. The van der Waals surface area contributed by atoms with Gasteiger partial charge in [0.05, 0.1) is 5.56 Å². The molecule has 1 aromatic rings. The third kappa shape index (κ3) is 6.51. The van der Waals surface area contributed by atoms with Crippen LogP contribution in [0.4, 0.5) is 5.69 Å². The van der Waals surface area contributed by atoms with Crippen LogP contribution in [0.2, 0.25) is 0 Å². The highest BCUT2D eigenvalue weighted by atomic mass is 79.9. The van der Waals surface area contributed by atoms with Crippen LogP contribution in [-0.2, 0) is 0 Å². The second-order valence-electron chi connectivity index (χ2n) is 6.36. The minimum Gasteiger partial charge on any atom is -0.478 e. The average Bonchev–Trinajstić information content (AvgIpc) is 2.37. The van der Waals surface area contributed by atoms with E-state index in [2.05, 4.69) is 48.5 Å². The highest BCUT2D eigenvalue weighted by Gasteiger charge is 2.13. The zero-order chi connectivity index (χ0) is 16.0. The molecule has 3 nitrogen and oxygen atoms in total. The smallest absolute Gasteiger partial charge is 0.335 e. The third-order valence-electron chi connectivity index (χ3n) is 3.45. The van der Waals surface area contributed by atoms with Gasteiger partial charge in [0.1, 0.15) is 0 Å². The van der Waals surface area contributed by atoms with Crippen molar-refractivity contribution in [3.05, 3.63) is 28.2 Å². The van der Waals surface area contributed by atoms with E-state index in [0.717, 1.165) is 36.1 Å². The Morgan fingerprint density at radius 3 is 2.05 bits per heavy atom. The molecular formula is C17H26BrNO2. The predicted molar refractivity (Wildman–Crippen MR) is 92.2 cm³/mol. The van der Waals surface area contributed by atoms with Gasteiger partial charge in [-0.1, -0.05) is 43.6 Å². The maximum Gasteiger partial charge on any atom is 0.335 e. The molecule has 0 saturated heterocycles.